The maximum absolute atomic E-state index is 13.1. The minimum atomic E-state index is -4.19. The normalized spacial score (nSPS) is 16.0. The molecule has 1 aromatic heterocycles. The Morgan fingerprint density at radius 2 is 1.44 bits per heavy atom. The fourth-order valence-electron chi connectivity index (χ4n) is 3.28. The van der Waals surface area contributed by atoms with Gasteiger partial charge in [0.15, 0.2) is 5.69 Å². The van der Waals surface area contributed by atoms with E-state index in [2.05, 4.69) is 4.98 Å². The van der Waals surface area contributed by atoms with Crippen LogP contribution in [0.5, 0.6) is 0 Å². The highest BCUT2D eigenvalue weighted by Crippen LogP contribution is 2.28. The first kappa shape index (κ1) is 22.4. The molecule has 166 valence electrons. The van der Waals surface area contributed by atoms with Gasteiger partial charge in [0.25, 0.3) is 15.1 Å². The van der Waals surface area contributed by atoms with Gasteiger partial charge in [-0.05, 0) is 36.4 Å². The van der Waals surface area contributed by atoms with Crippen molar-refractivity contribution < 1.29 is 21.3 Å². The van der Waals surface area contributed by atoms with Crippen LogP contribution in [-0.2, 0) is 20.0 Å². The number of aromatic nitrogens is 1. The van der Waals surface area contributed by atoms with E-state index < -0.39 is 25.1 Å². The highest BCUT2D eigenvalue weighted by Gasteiger charge is 2.37. The summed E-state index contributed by atoms with van der Waals surface area (Å²) < 4.78 is 59.7. The summed E-state index contributed by atoms with van der Waals surface area (Å²) >= 11 is 5.82. The third-order valence-corrected chi connectivity index (χ3v) is 8.90. The third kappa shape index (κ3) is 4.15. The van der Waals surface area contributed by atoms with Gasteiger partial charge in [0.2, 0.25) is 15.9 Å². The highest BCUT2D eigenvalue weighted by atomic mass is 35.5. The lowest BCUT2D eigenvalue weighted by Crippen LogP contribution is -2.50. The largest absolute Gasteiger partial charge is 0.422 e. The lowest BCUT2D eigenvalue weighted by Gasteiger charge is -2.32. The van der Waals surface area contributed by atoms with Crippen LogP contribution in [0.2, 0.25) is 5.02 Å². The van der Waals surface area contributed by atoms with Crippen LogP contribution < -0.4 is 0 Å². The van der Waals surface area contributed by atoms with Crippen molar-refractivity contribution in [3.63, 3.8) is 0 Å². The molecule has 9 nitrogen and oxygen atoms in total. The van der Waals surface area contributed by atoms with Crippen LogP contribution in [0.4, 0.5) is 0 Å². The van der Waals surface area contributed by atoms with Crippen LogP contribution in [0, 0.1) is 11.3 Å². The molecule has 1 aliphatic heterocycles. The maximum atomic E-state index is 13.1. The summed E-state index contributed by atoms with van der Waals surface area (Å²) in [4.78, 5) is 4.09. The monoisotopic (exact) mass is 492 g/mol. The lowest BCUT2D eigenvalue weighted by atomic mass is 10.2. The predicted octanol–water partition coefficient (Wildman–Crippen LogP) is 2.56. The van der Waals surface area contributed by atoms with Crippen LogP contribution >= 0.6 is 11.6 Å². The second kappa shape index (κ2) is 8.65. The molecule has 0 atom stereocenters. The van der Waals surface area contributed by atoms with Crippen LogP contribution in [0.1, 0.15) is 5.69 Å². The van der Waals surface area contributed by atoms with Gasteiger partial charge in [0.1, 0.15) is 6.07 Å². The third-order valence-electron chi connectivity index (χ3n) is 4.95. The van der Waals surface area contributed by atoms with Crippen LogP contribution in [0.25, 0.3) is 11.5 Å². The quantitative estimate of drug-likeness (QED) is 0.535. The molecule has 12 heteroatoms. The average molecular weight is 493 g/mol. The molecule has 0 N–H and O–H groups in total. The van der Waals surface area contributed by atoms with Crippen molar-refractivity contribution in [2.24, 2.45) is 0 Å². The molecule has 1 fully saturated rings. The number of nitrogens with zero attached hydrogens (tertiary/aromatic N) is 4. The second-order valence-corrected chi connectivity index (χ2v) is 11.1. The first-order valence-electron chi connectivity index (χ1n) is 9.46. The van der Waals surface area contributed by atoms with E-state index in [9.17, 15) is 22.1 Å². The second-order valence-electron chi connectivity index (χ2n) is 6.90. The van der Waals surface area contributed by atoms with E-state index in [4.69, 9.17) is 16.0 Å². The Hall–Kier alpha value is -2.75. The zero-order valence-corrected chi connectivity index (χ0v) is 18.9. The number of piperazine rings is 1. The zero-order valence-electron chi connectivity index (χ0n) is 16.5. The van der Waals surface area contributed by atoms with Gasteiger partial charge >= 0.3 is 0 Å². The fraction of sp³-hybridized carbons (Fsp3) is 0.200. The number of sulfonamides is 2. The van der Waals surface area contributed by atoms with Crippen molar-refractivity contribution in [3.05, 3.63) is 65.3 Å². The van der Waals surface area contributed by atoms with Gasteiger partial charge in [-0.2, -0.15) is 18.9 Å². The smallest absolute Gasteiger partial charge is 0.279 e. The minimum absolute atomic E-state index is 0.0182. The Morgan fingerprint density at radius 1 is 0.875 bits per heavy atom. The van der Waals surface area contributed by atoms with Gasteiger partial charge in [-0.1, -0.05) is 29.8 Å². The molecule has 0 radical (unpaired) electrons. The molecule has 0 amide bonds. The fourth-order valence-corrected chi connectivity index (χ4v) is 6.23. The Bertz CT molecular complexity index is 1370. The number of benzene rings is 2. The van der Waals surface area contributed by atoms with E-state index in [0.29, 0.717) is 10.6 Å². The molecule has 0 spiro atoms. The van der Waals surface area contributed by atoms with Crippen molar-refractivity contribution in [3.8, 4) is 17.5 Å². The van der Waals surface area contributed by atoms with Crippen molar-refractivity contribution in [1.82, 2.24) is 13.6 Å². The lowest BCUT2D eigenvalue weighted by molar-refractivity contribution is 0.268. The predicted molar refractivity (Wildman–Crippen MR) is 116 cm³/mol. The Balaban J connectivity index is 1.55. The van der Waals surface area contributed by atoms with E-state index in [-0.39, 0.29) is 42.7 Å². The van der Waals surface area contributed by atoms with E-state index in [0.717, 1.165) is 4.31 Å². The summed E-state index contributed by atoms with van der Waals surface area (Å²) in [6.45, 7) is -0.291. The molecule has 0 unspecified atom stereocenters. The number of hydrogen-bond acceptors (Lipinski definition) is 7. The maximum Gasteiger partial charge on any atom is 0.279 e. The number of oxazole rings is 1. The molecule has 3 aromatic rings. The van der Waals surface area contributed by atoms with E-state index in [1.54, 1.807) is 36.4 Å². The van der Waals surface area contributed by atoms with Crippen molar-refractivity contribution in [2.75, 3.05) is 26.2 Å². The molecule has 1 saturated heterocycles. The summed E-state index contributed by atoms with van der Waals surface area (Å²) in [6.07, 6.45) is 0. The first-order chi connectivity index (χ1) is 15.2. The standard InChI is InChI=1S/C20H17ClN4O5S2/c21-16-6-8-17(9-7-16)31(26,27)24-10-12-25(13-11-24)32(28,29)20-18(14-22)23-19(30-20)15-4-2-1-3-5-15/h1-9H,10-13H2. The minimum Gasteiger partial charge on any atom is -0.422 e. The SMILES string of the molecule is N#Cc1nc(-c2ccccc2)oc1S(=O)(=O)N1CCN(S(=O)(=O)c2ccc(Cl)cc2)CC1. The number of rotatable bonds is 5. The Labute approximate surface area is 190 Å². The van der Waals surface area contributed by atoms with E-state index in [1.807, 2.05) is 0 Å². The van der Waals surface area contributed by atoms with Gasteiger partial charge < -0.3 is 4.42 Å². The highest BCUT2D eigenvalue weighted by molar-refractivity contribution is 7.89. The Kier molecular flexibility index (Phi) is 6.07. The van der Waals surface area contributed by atoms with Gasteiger partial charge in [-0.3, -0.25) is 0 Å². The van der Waals surface area contributed by atoms with Gasteiger partial charge in [0.05, 0.1) is 4.90 Å². The molecule has 0 bridgehead atoms. The summed E-state index contributed by atoms with van der Waals surface area (Å²) in [5.74, 6) is 0.0182. The van der Waals surface area contributed by atoms with Gasteiger partial charge in [0, 0.05) is 36.8 Å². The summed E-state index contributed by atoms with van der Waals surface area (Å²) in [6, 6.07) is 16.2. The molecule has 1 aliphatic rings. The van der Waals surface area contributed by atoms with E-state index >= 15 is 0 Å². The van der Waals surface area contributed by atoms with Crippen LogP contribution in [0.3, 0.4) is 0 Å². The van der Waals surface area contributed by atoms with Crippen molar-refractivity contribution in [2.45, 2.75) is 9.99 Å². The first-order valence-corrected chi connectivity index (χ1v) is 12.7. The topological polar surface area (TPSA) is 125 Å². The Morgan fingerprint density at radius 3 is 2.00 bits per heavy atom. The van der Waals surface area contributed by atoms with Gasteiger partial charge in [-0.25, -0.2) is 16.8 Å². The van der Waals surface area contributed by atoms with E-state index in [1.165, 1.54) is 28.6 Å². The number of nitriles is 1. The van der Waals surface area contributed by atoms with Crippen molar-refractivity contribution >= 4 is 31.6 Å². The number of hydrogen-bond donors (Lipinski definition) is 0. The molecule has 2 aromatic carbocycles. The molecular formula is C20H17ClN4O5S2. The summed E-state index contributed by atoms with van der Waals surface area (Å²) in [5, 5.41) is 9.25. The number of halogens is 1. The molecule has 0 saturated carbocycles. The molecule has 4 rings (SSSR count). The van der Waals surface area contributed by atoms with Gasteiger partial charge in [-0.15, -0.1) is 0 Å². The average Bonchev–Trinajstić information content (AvgIpc) is 3.26. The van der Waals surface area contributed by atoms with Crippen molar-refractivity contribution in [1.29, 1.82) is 5.26 Å². The zero-order chi connectivity index (χ0) is 22.9. The molecular weight excluding hydrogens is 476 g/mol. The summed E-state index contributed by atoms with van der Waals surface area (Å²) in [5.41, 5.74) is 0.185. The molecule has 32 heavy (non-hydrogen) atoms. The van der Waals surface area contributed by atoms with Crippen LogP contribution in [0.15, 0.2) is 69.0 Å². The van der Waals surface area contributed by atoms with Crippen LogP contribution in [-0.4, -0.2) is 56.6 Å². The summed E-state index contributed by atoms with van der Waals surface area (Å²) in [7, 11) is -7.98. The molecule has 2 heterocycles. The molecule has 0 aliphatic carbocycles.